The van der Waals surface area contributed by atoms with Gasteiger partial charge in [0.05, 0.1) is 0 Å². The van der Waals surface area contributed by atoms with Crippen molar-refractivity contribution in [1.82, 2.24) is 0 Å². The van der Waals surface area contributed by atoms with Gasteiger partial charge in [0, 0.05) is 8.96 Å². The van der Waals surface area contributed by atoms with Crippen molar-refractivity contribution in [2.75, 3.05) is 0 Å². The third kappa shape index (κ3) is 2.07. The number of aliphatic hydroxyl groups is 1. The van der Waals surface area contributed by atoms with Crippen LogP contribution in [0.2, 0.25) is 0 Å². The summed E-state index contributed by atoms with van der Waals surface area (Å²) in [7, 11) is 0. The molecular weight excluding hydrogens is 332 g/mol. The van der Waals surface area contributed by atoms with Gasteiger partial charge in [-0.1, -0.05) is 37.9 Å². The Bertz CT molecular complexity index is 386. The van der Waals surface area contributed by atoms with Gasteiger partial charge in [0.25, 0.3) is 0 Å². The van der Waals surface area contributed by atoms with Gasteiger partial charge in [-0.3, -0.25) is 9.59 Å². The molecule has 2 N–H and O–H groups in total. The van der Waals surface area contributed by atoms with E-state index >= 15 is 0 Å². The van der Waals surface area contributed by atoms with Crippen LogP contribution in [0.1, 0.15) is 6.92 Å². The fraction of sp³-hybridized carbons (Fsp3) is 0.333. The van der Waals surface area contributed by atoms with E-state index in [-0.39, 0.29) is 4.48 Å². The van der Waals surface area contributed by atoms with E-state index in [9.17, 15) is 14.7 Å². The summed E-state index contributed by atoms with van der Waals surface area (Å²) in [5.41, 5.74) is -2.01. The van der Waals surface area contributed by atoms with Gasteiger partial charge in [-0.05, 0) is 13.0 Å². The summed E-state index contributed by atoms with van der Waals surface area (Å²) in [6, 6.07) is 0. The zero-order valence-electron chi connectivity index (χ0n) is 7.70. The Morgan fingerprint density at radius 1 is 1.47 bits per heavy atom. The normalized spacial score (nSPS) is 30.5. The van der Waals surface area contributed by atoms with E-state index in [1.165, 1.54) is 12.2 Å². The highest BCUT2D eigenvalue weighted by Gasteiger charge is 2.48. The van der Waals surface area contributed by atoms with Crippen LogP contribution in [0.5, 0.6) is 0 Å². The fourth-order valence-corrected chi connectivity index (χ4v) is 2.92. The van der Waals surface area contributed by atoms with Gasteiger partial charge in [-0.15, -0.1) is 0 Å². The van der Waals surface area contributed by atoms with Crippen LogP contribution in [-0.4, -0.2) is 27.6 Å². The quantitative estimate of drug-likeness (QED) is 0.801. The topological polar surface area (TPSA) is 74.6 Å². The summed E-state index contributed by atoms with van der Waals surface area (Å²) < 4.78 is 0.650. The number of carbonyl (C=O) groups is 2. The minimum Gasteiger partial charge on any atom is -0.481 e. The first-order chi connectivity index (χ1) is 6.80. The van der Waals surface area contributed by atoms with Crippen molar-refractivity contribution in [2.45, 2.75) is 12.5 Å². The average molecular weight is 340 g/mol. The number of aliphatic carboxylic acids is 1. The van der Waals surface area contributed by atoms with Crippen molar-refractivity contribution in [3.05, 3.63) is 21.1 Å². The highest BCUT2D eigenvalue weighted by Crippen LogP contribution is 2.39. The molecule has 4 nitrogen and oxygen atoms in total. The molecule has 0 amide bonds. The van der Waals surface area contributed by atoms with Crippen molar-refractivity contribution in [3.8, 4) is 0 Å². The second kappa shape index (κ2) is 4.19. The summed E-state index contributed by atoms with van der Waals surface area (Å²) in [4.78, 5) is 22.3. The van der Waals surface area contributed by atoms with Crippen molar-refractivity contribution >= 4 is 43.6 Å². The molecule has 6 heteroatoms. The average Bonchev–Trinajstić information content (AvgIpc) is 2.10. The van der Waals surface area contributed by atoms with Crippen LogP contribution in [0, 0.1) is 5.92 Å². The molecule has 82 valence electrons. The lowest BCUT2D eigenvalue weighted by Gasteiger charge is -2.32. The molecule has 0 heterocycles. The molecular formula is C9H8Br2O4. The number of carboxylic acids is 1. The maximum Gasteiger partial charge on any atom is 0.314 e. The van der Waals surface area contributed by atoms with Crippen LogP contribution in [0.4, 0.5) is 0 Å². The third-order valence-electron chi connectivity index (χ3n) is 2.21. The smallest absolute Gasteiger partial charge is 0.314 e. The molecule has 2 unspecified atom stereocenters. The van der Waals surface area contributed by atoms with E-state index in [2.05, 4.69) is 31.9 Å². The number of hydrogen-bond acceptors (Lipinski definition) is 3. The Hall–Kier alpha value is -0.460. The molecule has 2 atom stereocenters. The number of halogens is 2. The summed E-state index contributed by atoms with van der Waals surface area (Å²) in [6.45, 7) is 1.15. The highest BCUT2D eigenvalue weighted by atomic mass is 79.9. The molecule has 15 heavy (non-hydrogen) atoms. The second-order valence-corrected chi connectivity index (χ2v) is 4.95. The van der Waals surface area contributed by atoms with Crippen molar-refractivity contribution < 1.29 is 19.8 Å². The summed E-state index contributed by atoms with van der Waals surface area (Å²) in [6.07, 6.45) is 2.75. The molecule has 0 aromatic rings. The van der Waals surface area contributed by atoms with Gasteiger partial charge in [0.1, 0.15) is 5.92 Å². The van der Waals surface area contributed by atoms with Crippen LogP contribution in [0.15, 0.2) is 21.1 Å². The van der Waals surface area contributed by atoms with Gasteiger partial charge in [-0.2, -0.15) is 0 Å². The molecule has 0 saturated heterocycles. The molecule has 0 aromatic carbocycles. The van der Waals surface area contributed by atoms with Gasteiger partial charge in [0.2, 0.25) is 0 Å². The fourth-order valence-electron chi connectivity index (χ4n) is 1.34. The molecule has 0 bridgehead atoms. The number of ketones is 1. The molecule has 0 spiro atoms. The molecule has 1 rings (SSSR count). The van der Waals surface area contributed by atoms with Crippen molar-refractivity contribution in [2.24, 2.45) is 5.92 Å². The van der Waals surface area contributed by atoms with Crippen molar-refractivity contribution in [3.63, 3.8) is 0 Å². The summed E-state index contributed by atoms with van der Waals surface area (Å²) in [5.74, 6) is -3.16. The van der Waals surface area contributed by atoms with Gasteiger partial charge >= 0.3 is 5.97 Å². The number of allylic oxidation sites excluding steroid dienone is 2. The first-order valence-corrected chi connectivity index (χ1v) is 5.60. The first-order valence-electron chi connectivity index (χ1n) is 4.01. The Morgan fingerprint density at radius 2 is 2.00 bits per heavy atom. The molecule has 0 fully saturated rings. The molecule has 0 saturated carbocycles. The number of Topliss-reactive ketones (excluding diaryl/α,β-unsaturated/α-hetero) is 1. The Morgan fingerprint density at radius 3 is 2.40 bits per heavy atom. The Labute approximate surface area is 103 Å². The minimum absolute atomic E-state index is 0.143. The van der Waals surface area contributed by atoms with Crippen LogP contribution >= 0.6 is 31.9 Å². The molecule has 0 radical (unpaired) electrons. The van der Waals surface area contributed by atoms with Crippen LogP contribution in [0.3, 0.4) is 0 Å². The molecule has 0 aromatic heterocycles. The van der Waals surface area contributed by atoms with Crippen LogP contribution in [-0.2, 0) is 9.59 Å². The largest absolute Gasteiger partial charge is 0.481 e. The van der Waals surface area contributed by atoms with Crippen LogP contribution in [0.25, 0.3) is 0 Å². The molecule has 1 aliphatic carbocycles. The lowest BCUT2D eigenvalue weighted by atomic mass is 9.81. The second-order valence-electron chi connectivity index (χ2n) is 3.18. The van der Waals surface area contributed by atoms with E-state index in [1.807, 2.05) is 0 Å². The van der Waals surface area contributed by atoms with Gasteiger partial charge < -0.3 is 10.2 Å². The zero-order chi connectivity index (χ0) is 11.8. The lowest BCUT2D eigenvalue weighted by Crippen LogP contribution is -2.49. The van der Waals surface area contributed by atoms with Crippen molar-refractivity contribution in [1.29, 1.82) is 0 Å². The number of rotatable bonds is 2. The standard InChI is InChI=1S/C9H8Br2O4/c1-4(12)9(15)6(8(13)14)2-5(10)3-7(9)11/h2-3,6,15H,1H3,(H,13,14). The maximum absolute atomic E-state index is 11.3. The van der Waals surface area contributed by atoms with E-state index in [1.54, 1.807) is 0 Å². The molecule has 1 aliphatic rings. The first kappa shape index (κ1) is 12.6. The van der Waals surface area contributed by atoms with E-state index < -0.39 is 23.3 Å². The maximum atomic E-state index is 11.3. The van der Waals surface area contributed by atoms with Gasteiger partial charge in [0.15, 0.2) is 11.4 Å². The number of carboxylic acid groups (broad SMARTS) is 1. The number of carbonyl (C=O) groups excluding carboxylic acids is 1. The highest BCUT2D eigenvalue weighted by molar-refractivity contribution is 9.12. The minimum atomic E-state index is -2.01. The lowest BCUT2D eigenvalue weighted by molar-refractivity contribution is -0.152. The van der Waals surface area contributed by atoms with E-state index in [4.69, 9.17) is 5.11 Å². The third-order valence-corrected chi connectivity index (χ3v) is 3.53. The van der Waals surface area contributed by atoms with E-state index in [0.29, 0.717) is 4.48 Å². The zero-order valence-corrected chi connectivity index (χ0v) is 10.9. The predicted octanol–water partition coefficient (Wildman–Crippen LogP) is 1.58. The van der Waals surface area contributed by atoms with E-state index in [0.717, 1.165) is 6.92 Å². The SMILES string of the molecule is CC(=O)C1(O)C(Br)=CC(Br)=CC1C(=O)O. The number of hydrogen-bond donors (Lipinski definition) is 2. The van der Waals surface area contributed by atoms with Gasteiger partial charge in [-0.25, -0.2) is 0 Å². The summed E-state index contributed by atoms with van der Waals surface area (Å²) in [5, 5.41) is 19.0. The summed E-state index contributed by atoms with van der Waals surface area (Å²) >= 11 is 6.12. The predicted molar refractivity (Wildman–Crippen MR) is 60.8 cm³/mol. The van der Waals surface area contributed by atoms with Crippen LogP contribution < -0.4 is 0 Å². The Kier molecular flexibility index (Phi) is 3.52. The molecule has 0 aliphatic heterocycles. The monoisotopic (exact) mass is 338 g/mol. The Balaban J connectivity index is 3.31.